The van der Waals surface area contributed by atoms with Crippen molar-refractivity contribution in [1.29, 1.82) is 0 Å². The second-order valence-electron chi connectivity index (χ2n) is 6.95. The molecule has 140 valence electrons. The largest absolute Gasteiger partial charge is 0.494 e. The van der Waals surface area contributed by atoms with Gasteiger partial charge in [0.05, 0.1) is 18.9 Å². The Morgan fingerprint density at radius 3 is 2.81 bits per heavy atom. The van der Waals surface area contributed by atoms with E-state index in [0.29, 0.717) is 19.6 Å². The number of carbonyl (C=O) groups is 1. The zero-order valence-corrected chi connectivity index (χ0v) is 15.6. The standard InChI is InChI=1S/C22H24N2O3/c1-2-26-18-11-9-16(10-12-18)14-21(25)24-13-5-6-17(15-24)22-23-19-7-3-4-8-20(19)27-22/h3-4,7-12,17H,2,5-6,13-15H2,1H3. The number of para-hydroxylation sites is 2. The number of amides is 1. The fourth-order valence-corrected chi connectivity index (χ4v) is 3.63. The molecule has 0 N–H and O–H groups in total. The molecular weight excluding hydrogens is 340 g/mol. The van der Waals surface area contributed by atoms with E-state index >= 15 is 0 Å². The maximum absolute atomic E-state index is 12.8. The molecule has 1 aliphatic heterocycles. The lowest BCUT2D eigenvalue weighted by Gasteiger charge is -2.31. The van der Waals surface area contributed by atoms with Crippen LogP contribution in [0.3, 0.4) is 0 Å². The van der Waals surface area contributed by atoms with Gasteiger partial charge in [0.25, 0.3) is 0 Å². The number of ether oxygens (including phenoxy) is 1. The first kappa shape index (κ1) is 17.6. The zero-order valence-electron chi connectivity index (χ0n) is 15.6. The Morgan fingerprint density at radius 1 is 1.22 bits per heavy atom. The summed E-state index contributed by atoms with van der Waals surface area (Å²) in [6.07, 6.45) is 2.38. The molecule has 0 bridgehead atoms. The van der Waals surface area contributed by atoms with Crippen LogP contribution in [0.2, 0.25) is 0 Å². The number of aromatic nitrogens is 1. The zero-order chi connectivity index (χ0) is 18.6. The molecule has 1 atom stereocenters. The minimum absolute atomic E-state index is 0.153. The van der Waals surface area contributed by atoms with Crippen LogP contribution in [0.1, 0.15) is 37.1 Å². The molecule has 2 aromatic carbocycles. The number of likely N-dealkylation sites (tertiary alicyclic amines) is 1. The van der Waals surface area contributed by atoms with E-state index in [2.05, 4.69) is 4.98 Å². The van der Waals surface area contributed by atoms with Gasteiger partial charge in [0.1, 0.15) is 11.3 Å². The molecule has 0 aliphatic carbocycles. The Labute approximate surface area is 158 Å². The summed E-state index contributed by atoms with van der Waals surface area (Å²) in [7, 11) is 0. The Bertz CT molecular complexity index is 884. The molecule has 2 heterocycles. The molecule has 1 aromatic heterocycles. The van der Waals surface area contributed by atoms with Crippen LogP contribution in [0.15, 0.2) is 52.9 Å². The number of piperidine rings is 1. The van der Waals surface area contributed by atoms with Crippen molar-refractivity contribution < 1.29 is 13.9 Å². The first-order valence-corrected chi connectivity index (χ1v) is 9.58. The SMILES string of the molecule is CCOc1ccc(CC(=O)N2CCCC(c3nc4ccccc4o3)C2)cc1. The molecule has 4 rings (SSSR count). The van der Waals surface area contributed by atoms with Gasteiger partial charge in [-0.3, -0.25) is 4.79 Å². The van der Waals surface area contributed by atoms with Crippen molar-refractivity contribution in [3.05, 3.63) is 60.0 Å². The highest BCUT2D eigenvalue weighted by Gasteiger charge is 2.28. The summed E-state index contributed by atoms with van der Waals surface area (Å²) in [6, 6.07) is 15.6. The summed E-state index contributed by atoms with van der Waals surface area (Å²) in [5.74, 6) is 1.90. The third-order valence-corrected chi connectivity index (χ3v) is 5.02. The van der Waals surface area contributed by atoms with Gasteiger partial charge in [-0.2, -0.15) is 0 Å². The average Bonchev–Trinajstić information content (AvgIpc) is 3.14. The Kier molecular flexibility index (Phi) is 5.10. The van der Waals surface area contributed by atoms with E-state index in [9.17, 15) is 4.79 Å². The molecule has 1 unspecified atom stereocenters. The molecule has 1 aliphatic rings. The highest BCUT2D eigenvalue weighted by Crippen LogP contribution is 2.29. The topological polar surface area (TPSA) is 55.6 Å². The highest BCUT2D eigenvalue weighted by molar-refractivity contribution is 5.79. The molecule has 0 spiro atoms. The van der Waals surface area contributed by atoms with Gasteiger partial charge in [-0.05, 0) is 49.6 Å². The van der Waals surface area contributed by atoms with Crippen LogP contribution in [0.4, 0.5) is 0 Å². The van der Waals surface area contributed by atoms with Crippen molar-refractivity contribution in [3.63, 3.8) is 0 Å². The lowest BCUT2D eigenvalue weighted by atomic mass is 9.97. The van der Waals surface area contributed by atoms with E-state index in [4.69, 9.17) is 9.15 Å². The van der Waals surface area contributed by atoms with Gasteiger partial charge >= 0.3 is 0 Å². The lowest BCUT2D eigenvalue weighted by molar-refractivity contribution is -0.131. The van der Waals surface area contributed by atoms with E-state index in [1.54, 1.807) is 0 Å². The molecule has 1 amide bonds. The number of carbonyl (C=O) groups excluding carboxylic acids is 1. The van der Waals surface area contributed by atoms with Crippen molar-refractivity contribution in [2.24, 2.45) is 0 Å². The Morgan fingerprint density at radius 2 is 2.04 bits per heavy atom. The predicted octanol–water partition coefficient (Wildman–Crippen LogP) is 4.18. The summed E-state index contributed by atoms with van der Waals surface area (Å²) in [5.41, 5.74) is 2.70. The number of rotatable bonds is 5. The van der Waals surface area contributed by atoms with Gasteiger partial charge in [0.15, 0.2) is 11.5 Å². The minimum atomic E-state index is 0.153. The quantitative estimate of drug-likeness (QED) is 0.682. The van der Waals surface area contributed by atoms with Gasteiger partial charge in [-0.1, -0.05) is 24.3 Å². The maximum atomic E-state index is 12.8. The number of oxazole rings is 1. The molecule has 27 heavy (non-hydrogen) atoms. The van der Waals surface area contributed by atoms with Crippen LogP contribution in [0, 0.1) is 0 Å². The van der Waals surface area contributed by atoms with Crippen molar-refractivity contribution in [3.8, 4) is 5.75 Å². The molecule has 5 heteroatoms. The van der Waals surface area contributed by atoms with Gasteiger partial charge in [-0.15, -0.1) is 0 Å². The summed E-state index contributed by atoms with van der Waals surface area (Å²) in [4.78, 5) is 19.3. The number of hydrogen-bond acceptors (Lipinski definition) is 4. The normalized spacial score (nSPS) is 17.2. The van der Waals surface area contributed by atoms with Crippen molar-refractivity contribution in [2.75, 3.05) is 19.7 Å². The van der Waals surface area contributed by atoms with Crippen LogP contribution in [0.5, 0.6) is 5.75 Å². The van der Waals surface area contributed by atoms with E-state index in [1.165, 1.54) is 0 Å². The average molecular weight is 364 g/mol. The van der Waals surface area contributed by atoms with Gasteiger partial charge in [-0.25, -0.2) is 4.98 Å². The second kappa shape index (κ2) is 7.82. The molecular formula is C22H24N2O3. The lowest BCUT2D eigenvalue weighted by Crippen LogP contribution is -2.40. The van der Waals surface area contributed by atoms with Gasteiger partial charge in [0.2, 0.25) is 5.91 Å². The molecule has 5 nitrogen and oxygen atoms in total. The van der Waals surface area contributed by atoms with Crippen molar-refractivity contribution in [2.45, 2.75) is 32.1 Å². The first-order valence-electron chi connectivity index (χ1n) is 9.58. The summed E-state index contributed by atoms with van der Waals surface area (Å²) < 4.78 is 11.4. The Hall–Kier alpha value is -2.82. The van der Waals surface area contributed by atoms with Crippen molar-refractivity contribution >= 4 is 17.0 Å². The molecule has 0 saturated carbocycles. The van der Waals surface area contributed by atoms with Crippen LogP contribution in [-0.4, -0.2) is 35.5 Å². The number of fused-ring (bicyclic) bond motifs is 1. The van der Waals surface area contributed by atoms with Crippen LogP contribution < -0.4 is 4.74 Å². The number of benzene rings is 2. The second-order valence-corrected chi connectivity index (χ2v) is 6.95. The highest BCUT2D eigenvalue weighted by atomic mass is 16.5. The summed E-state index contributed by atoms with van der Waals surface area (Å²) in [6.45, 7) is 4.07. The fourth-order valence-electron chi connectivity index (χ4n) is 3.63. The Balaban J connectivity index is 1.41. The van der Waals surface area contributed by atoms with E-state index in [-0.39, 0.29) is 11.8 Å². The third kappa shape index (κ3) is 3.97. The van der Waals surface area contributed by atoms with Crippen LogP contribution >= 0.6 is 0 Å². The smallest absolute Gasteiger partial charge is 0.227 e. The van der Waals surface area contributed by atoms with Gasteiger partial charge < -0.3 is 14.1 Å². The van der Waals surface area contributed by atoms with Crippen LogP contribution in [0.25, 0.3) is 11.1 Å². The number of hydrogen-bond donors (Lipinski definition) is 0. The molecule has 1 saturated heterocycles. The minimum Gasteiger partial charge on any atom is -0.494 e. The van der Waals surface area contributed by atoms with E-state index < -0.39 is 0 Å². The fraction of sp³-hybridized carbons (Fsp3) is 0.364. The van der Waals surface area contributed by atoms with E-state index in [0.717, 1.165) is 47.7 Å². The van der Waals surface area contributed by atoms with Crippen LogP contribution in [-0.2, 0) is 11.2 Å². The number of nitrogens with zero attached hydrogens (tertiary/aromatic N) is 2. The molecule has 0 radical (unpaired) electrons. The van der Waals surface area contributed by atoms with E-state index in [1.807, 2.05) is 60.4 Å². The predicted molar refractivity (Wildman–Crippen MR) is 104 cm³/mol. The monoisotopic (exact) mass is 364 g/mol. The van der Waals surface area contributed by atoms with Crippen molar-refractivity contribution in [1.82, 2.24) is 9.88 Å². The first-order chi connectivity index (χ1) is 13.2. The molecule has 3 aromatic rings. The van der Waals surface area contributed by atoms with Gasteiger partial charge in [0, 0.05) is 13.1 Å². The molecule has 1 fully saturated rings. The third-order valence-electron chi connectivity index (χ3n) is 5.02. The summed E-state index contributed by atoms with van der Waals surface area (Å²) >= 11 is 0. The maximum Gasteiger partial charge on any atom is 0.227 e. The summed E-state index contributed by atoms with van der Waals surface area (Å²) in [5, 5.41) is 0.